The van der Waals surface area contributed by atoms with E-state index < -0.39 is 12.7 Å². The topological polar surface area (TPSA) is 26.3 Å². The molecule has 0 aliphatic heterocycles. The van der Waals surface area contributed by atoms with Crippen molar-refractivity contribution < 1.29 is 9.53 Å². The van der Waals surface area contributed by atoms with Gasteiger partial charge in [0.25, 0.3) is 0 Å². The largest absolute Gasteiger partial charge is 0.462 e. The number of hydrogen-bond donors (Lipinski definition) is 0. The van der Waals surface area contributed by atoms with Crippen LogP contribution in [-0.2, 0) is 9.53 Å². The van der Waals surface area contributed by atoms with Crippen LogP contribution in [0.2, 0.25) is 12.6 Å². The third-order valence-corrected chi connectivity index (χ3v) is 4.73. The molecule has 0 aromatic heterocycles. The van der Waals surface area contributed by atoms with Gasteiger partial charge >= 0.3 is 5.97 Å². The van der Waals surface area contributed by atoms with Crippen LogP contribution in [0.4, 0.5) is 0 Å². The Kier molecular flexibility index (Phi) is 5.92. The molecule has 98 valence electrons. The van der Waals surface area contributed by atoms with Crippen LogP contribution >= 0.6 is 22.2 Å². The van der Waals surface area contributed by atoms with Crippen molar-refractivity contribution in [3.63, 3.8) is 0 Å². The molecular weight excluding hydrogens is 287 g/mol. The Morgan fingerprint density at radius 3 is 2.50 bits per heavy atom. The molecule has 0 heterocycles. The van der Waals surface area contributed by atoms with Crippen LogP contribution in [0.5, 0.6) is 0 Å². The standard InChI is InChI=1S/C13H16Cl2O2Si/c1-11(12-7-4-3-5-8-12)13(16)17-9-6-10-18(2,14)15/h3-5,7-8H,1,6,9-10H2,2H3. The van der Waals surface area contributed by atoms with Crippen molar-refractivity contribution in [3.8, 4) is 0 Å². The summed E-state index contributed by atoms with van der Waals surface area (Å²) in [5.41, 5.74) is 1.14. The Labute approximate surface area is 118 Å². The molecule has 0 unspecified atom stereocenters. The number of carbonyl (C=O) groups excluding carboxylic acids is 1. The second kappa shape index (κ2) is 6.97. The van der Waals surface area contributed by atoms with Gasteiger partial charge in [-0.2, -0.15) is 0 Å². The SMILES string of the molecule is C=C(C(=O)OCCC[Si](C)(Cl)Cl)c1ccccc1. The minimum atomic E-state index is -2.09. The van der Waals surface area contributed by atoms with Gasteiger partial charge in [-0.25, -0.2) is 4.79 Å². The van der Waals surface area contributed by atoms with Crippen molar-refractivity contribution in [1.29, 1.82) is 0 Å². The lowest BCUT2D eigenvalue weighted by atomic mass is 10.1. The molecule has 2 nitrogen and oxygen atoms in total. The van der Waals surface area contributed by atoms with Crippen molar-refractivity contribution in [2.75, 3.05) is 6.61 Å². The summed E-state index contributed by atoms with van der Waals surface area (Å²) in [5, 5.41) is 0. The summed E-state index contributed by atoms with van der Waals surface area (Å²) in [5.74, 6) is -0.395. The summed E-state index contributed by atoms with van der Waals surface area (Å²) in [4.78, 5) is 11.7. The van der Waals surface area contributed by atoms with E-state index in [1.807, 2.05) is 36.9 Å². The predicted octanol–water partition coefficient (Wildman–Crippen LogP) is 4.18. The fraction of sp³-hybridized carbons (Fsp3) is 0.308. The average molecular weight is 303 g/mol. The molecule has 0 atom stereocenters. The van der Waals surface area contributed by atoms with Crippen LogP contribution in [0.1, 0.15) is 12.0 Å². The van der Waals surface area contributed by atoms with Crippen LogP contribution in [0.15, 0.2) is 36.9 Å². The maximum Gasteiger partial charge on any atom is 0.338 e. The molecule has 0 N–H and O–H groups in total. The van der Waals surface area contributed by atoms with Gasteiger partial charge in [0, 0.05) is 0 Å². The molecule has 0 radical (unpaired) electrons. The van der Waals surface area contributed by atoms with Crippen molar-refractivity contribution >= 4 is 40.4 Å². The summed E-state index contributed by atoms with van der Waals surface area (Å²) in [6, 6.07) is 9.95. The van der Waals surface area contributed by atoms with Crippen molar-refractivity contribution in [2.24, 2.45) is 0 Å². The molecule has 0 aliphatic carbocycles. The van der Waals surface area contributed by atoms with E-state index >= 15 is 0 Å². The van der Waals surface area contributed by atoms with E-state index in [-0.39, 0.29) is 0 Å². The van der Waals surface area contributed by atoms with E-state index in [0.29, 0.717) is 24.6 Å². The van der Waals surface area contributed by atoms with Crippen molar-refractivity contribution in [1.82, 2.24) is 0 Å². The number of benzene rings is 1. The highest BCUT2D eigenvalue weighted by Gasteiger charge is 2.20. The highest BCUT2D eigenvalue weighted by molar-refractivity contribution is 7.44. The van der Waals surface area contributed by atoms with Gasteiger partial charge < -0.3 is 4.74 Å². The molecule has 1 rings (SSSR count). The number of halogens is 2. The summed E-state index contributed by atoms with van der Waals surface area (Å²) in [6.07, 6.45) is 0.684. The summed E-state index contributed by atoms with van der Waals surface area (Å²) < 4.78 is 5.12. The van der Waals surface area contributed by atoms with Crippen molar-refractivity contribution in [2.45, 2.75) is 19.0 Å². The van der Waals surface area contributed by atoms with E-state index in [4.69, 9.17) is 26.9 Å². The molecule has 0 saturated carbocycles. The quantitative estimate of drug-likeness (QED) is 0.259. The van der Waals surface area contributed by atoms with Gasteiger partial charge in [0.15, 0.2) is 0 Å². The minimum absolute atomic E-state index is 0.326. The van der Waals surface area contributed by atoms with Gasteiger partial charge in [-0.1, -0.05) is 36.9 Å². The Morgan fingerprint density at radius 1 is 1.33 bits per heavy atom. The molecule has 18 heavy (non-hydrogen) atoms. The predicted molar refractivity (Wildman–Crippen MR) is 79.2 cm³/mol. The lowest BCUT2D eigenvalue weighted by Crippen LogP contribution is -2.14. The molecule has 5 heteroatoms. The summed E-state index contributed by atoms with van der Waals surface area (Å²) in [7, 11) is 0. The molecule has 0 saturated heterocycles. The lowest BCUT2D eigenvalue weighted by Gasteiger charge is -2.10. The molecular formula is C13H16Cl2O2Si. The van der Waals surface area contributed by atoms with E-state index in [9.17, 15) is 4.79 Å². The third-order valence-electron chi connectivity index (χ3n) is 2.36. The van der Waals surface area contributed by atoms with Crippen molar-refractivity contribution in [3.05, 3.63) is 42.5 Å². The Hall–Kier alpha value is -0.773. The first-order chi connectivity index (χ1) is 8.40. The minimum Gasteiger partial charge on any atom is -0.462 e. The van der Waals surface area contributed by atoms with Gasteiger partial charge in [0.1, 0.15) is 0 Å². The zero-order chi connectivity index (χ0) is 13.6. The van der Waals surface area contributed by atoms with E-state index in [0.717, 1.165) is 5.56 Å². The first kappa shape index (κ1) is 15.3. The molecule has 0 bridgehead atoms. The normalized spacial score (nSPS) is 11.1. The molecule has 0 amide bonds. The van der Waals surface area contributed by atoms with Crippen LogP contribution in [0.25, 0.3) is 5.57 Å². The van der Waals surface area contributed by atoms with E-state index in [1.54, 1.807) is 0 Å². The number of ether oxygens (including phenoxy) is 1. The number of hydrogen-bond acceptors (Lipinski definition) is 2. The first-order valence-electron chi connectivity index (χ1n) is 5.69. The van der Waals surface area contributed by atoms with Crippen LogP contribution in [-0.4, -0.2) is 19.3 Å². The molecule has 0 spiro atoms. The Bertz CT molecular complexity index is 413. The third kappa shape index (κ3) is 5.71. The van der Waals surface area contributed by atoms with E-state index in [2.05, 4.69) is 6.58 Å². The van der Waals surface area contributed by atoms with Gasteiger partial charge in [-0.05, 0) is 24.6 Å². The average Bonchev–Trinajstić information content (AvgIpc) is 2.33. The van der Waals surface area contributed by atoms with Gasteiger partial charge in [-0.15, -0.1) is 22.2 Å². The fourth-order valence-corrected chi connectivity index (χ4v) is 2.96. The van der Waals surface area contributed by atoms with Gasteiger partial charge in [-0.3, -0.25) is 0 Å². The molecule has 1 aromatic rings. The highest BCUT2D eigenvalue weighted by atomic mass is 35.7. The number of rotatable bonds is 6. The van der Waals surface area contributed by atoms with Crippen LogP contribution in [0.3, 0.4) is 0 Å². The second-order valence-corrected chi connectivity index (χ2v) is 12.4. The van der Waals surface area contributed by atoms with Crippen LogP contribution in [0, 0.1) is 0 Å². The lowest BCUT2D eigenvalue weighted by molar-refractivity contribution is -0.136. The zero-order valence-corrected chi connectivity index (χ0v) is 12.8. The summed E-state index contributed by atoms with van der Waals surface area (Å²) in [6.45, 7) is 3.82. The molecule has 0 fully saturated rings. The number of carbonyl (C=O) groups is 1. The maximum absolute atomic E-state index is 11.7. The fourth-order valence-electron chi connectivity index (χ4n) is 1.39. The summed E-state index contributed by atoms with van der Waals surface area (Å²) >= 11 is 11.9. The molecule has 0 aliphatic rings. The zero-order valence-electron chi connectivity index (χ0n) is 10.3. The second-order valence-electron chi connectivity index (χ2n) is 4.15. The Balaban J connectivity index is 2.36. The van der Waals surface area contributed by atoms with Crippen LogP contribution < -0.4 is 0 Å². The molecule has 1 aromatic carbocycles. The highest BCUT2D eigenvalue weighted by Crippen LogP contribution is 2.21. The number of esters is 1. The van der Waals surface area contributed by atoms with E-state index in [1.165, 1.54) is 0 Å². The Morgan fingerprint density at radius 2 is 1.94 bits per heavy atom. The van der Waals surface area contributed by atoms with Gasteiger partial charge in [0.05, 0.1) is 12.2 Å². The smallest absolute Gasteiger partial charge is 0.338 e. The maximum atomic E-state index is 11.7. The monoisotopic (exact) mass is 302 g/mol. The van der Waals surface area contributed by atoms with Gasteiger partial charge in [0.2, 0.25) is 6.69 Å². The first-order valence-corrected chi connectivity index (χ1v) is 10.4.